The van der Waals surface area contributed by atoms with Crippen molar-refractivity contribution >= 4 is 23.4 Å². The first-order valence-electron chi connectivity index (χ1n) is 8.76. The molecule has 0 radical (unpaired) electrons. The van der Waals surface area contributed by atoms with Gasteiger partial charge in [-0.25, -0.2) is 4.79 Å². The number of cyclic esters (lactones) is 1. The molecular weight excluding hydrogens is 322 g/mol. The number of anilines is 2. The Hall–Kier alpha value is -2.28. The van der Waals surface area contributed by atoms with Crippen LogP contribution in [0.3, 0.4) is 0 Å². The molecule has 7 nitrogen and oxygen atoms in total. The number of aryl methyl sites for hydroxylation is 1. The smallest absolute Gasteiger partial charge is 0.414 e. The molecule has 2 aliphatic heterocycles. The molecule has 2 saturated heterocycles. The maximum Gasteiger partial charge on any atom is 0.414 e. The zero-order valence-electron chi connectivity index (χ0n) is 14.8. The van der Waals surface area contributed by atoms with Gasteiger partial charge in [0.1, 0.15) is 6.10 Å². The zero-order valence-corrected chi connectivity index (χ0v) is 14.8. The Kier molecular flexibility index (Phi) is 5.43. The number of nitrogens with one attached hydrogen (secondary N) is 1. The standard InChI is InChI=1S/C18H25N3O4/c1-3-14-10-15(4-5-17(14)20-6-8-24-9-7-20)21-12-16(25-18(21)23)11-19-13(2)22/h4-5,10,16H,3,6-9,11-12H2,1-2H3,(H,19,22). The first kappa shape index (κ1) is 17.5. The Morgan fingerprint density at radius 1 is 1.32 bits per heavy atom. The maximum absolute atomic E-state index is 12.2. The number of rotatable bonds is 5. The van der Waals surface area contributed by atoms with Crippen molar-refractivity contribution in [2.75, 3.05) is 49.2 Å². The lowest BCUT2D eigenvalue weighted by Gasteiger charge is -2.31. The number of nitrogens with zero attached hydrogens (tertiary/aromatic N) is 2. The van der Waals surface area contributed by atoms with Crippen LogP contribution in [0.15, 0.2) is 18.2 Å². The van der Waals surface area contributed by atoms with Crippen molar-refractivity contribution in [2.45, 2.75) is 26.4 Å². The summed E-state index contributed by atoms with van der Waals surface area (Å²) in [7, 11) is 0. The van der Waals surface area contributed by atoms with Crippen molar-refractivity contribution in [1.29, 1.82) is 0 Å². The second kappa shape index (κ2) is 7.74. The molecule has 2 aliphatic rings. The highest BCUT2D eigenvalue weighted by molar-refractivity contribution is 5.90. The fourth-order valence-corrected chi connectivity index (χ4v) is 3.23. The van der Waals surface area contributed by atoms with Crippen molar-refractivity contribution in [3.8, 4) is 0 Å². The SMILES string of the molecule is CCc1cc(N2CC(CNC(C)=O)OC2=O)ccc1N1CCOCC1. The van der Waals surface area contributed by atoms with Gasteiger partial charge in [0, 0.05) is 31.4 Å². The van der Waals surface area contributed by atoms with Gasteiger partial charge in [-0.3, -0.25) is 9.69 Å². The molecule has 25 heavy (non-hydrogen) atoms. The maximum atomic E-state index is 12.2. The van der Waals surface area contributed by atoms with Crippen LogP contribution < -0.4 is 15.1 Å². The average molecular weight is 347 g/mol. The van der Waals surface area contributed by atoms with Gasteiger partial charge >= 0.3 is 6.09 Å². The minimum absolute atomic E-state index is 0.127. The molecule has 7 heteroatoms. The monoisotopic (exact) mass is 347 g/mol. The molecule has 2 fully saturated rings. The fraction of sp³-hybridized carbons (Fsp3) is 0.556. The summed E-state index contributed by atoms with van der Waals surface area (Å²) in [5.74, 6) is -0.127. The van der Waals surface area contributed by atoms with Crippen LogP contribution in [0, 0.1) is 0 Å². The van der Waals surface area contributed by atoms with Gasteiger partial charge < -0.3 is 19.7 Å². The first-order valence-corrected chi connectivity index (χ1v) is 8.76. The number of amides is 2. The molecule has 2 heterocycles. The van der Waals surface area contributed by atoms with E-state index >= 15 is 0 Å². The van der Waals surface area contributed by atoms with Gasteiger partial charge in [-0.15, -0.1) is 0 Å². The third kappa shape index (κ3) is 4.04. The van der Waals surface area contributed by atoms with Crippen LogP contribution in [-0.2, 0) is 20.7 Å². The van der Waals surface area contributed by atoms with Gasteiger partial charge in [-0.1, -0.05) is 6.92 Å². The van der Waals surface area contributed by atoms with Gasteiger partial charge in [0.05, 0.1) is 26.3 Å². The van der Waals surface area contributed by atoms with Gasteiger partial charge in [0.15, 0.2) is 0 Å². The molecule has 1 aromatic rings. The largest absolute Gasteiger partial charge is 0.442 e. The predicted octanol–water partition coefficient (Wildman–Crippen LogP) is 1.55. The number of ether oxygens (including phenoxy) is 2. The lowest BCUT2D eigenvalue weighted by atomic mass is 10.1. The summed E-state index contributed by atoms with van der Waals surface area (Å²) < 4.78 is 10.8. The Morgan fingerprint density at radius 3 is 2.76 bits per heavy atom. The quantitative estimate of drug-likeness (QED) is 0.875. The van der Waals surface area contributed by atoms with Crippen molar-refractivity contribution in [3.63, 3.8) is 0 Å². The topological polar surface area (TPSA) is 71.1 Å². The number of carbonyl (C=O) groups is 2. The molecule has 2 amide bonds. The second-order valence-corrected chi connectivity index (χ2v) is 6.32. The van der Waals surface area contributed by atoms with E-state index in [1.54, 1.807) is 4.90 Å². The number of morpholine rings is 1. The van der Waals surface area contributed by atoms with Gasteiger partial charge in [-0.2, -0.15) is 0 Å². The van der Waals surface area contributed by atoms with Gasteiger partial charge in [-0.05, 0) is 30.2 Å². The van der Waals surface area contributed by atoms with Crippen LogP contribution in [0.1, 0.15) is 19.4 Å². The van der Waals surface area contributed by atoms with E-state index in [9.17, 15) is 9.59 Å². The lowest BCUT2D eigenvalue weighted by molar-refractivity contribution is -0.119. The normalized spacial score (nSPS) is 20.6. The number of hydrogen-bond donors (Lipinski definition) is 1. The van der Waals surface area contributed by atoms with Gasteiger partial charge in [0.25, 0.3) is 0 Å². The molecule has 3 rings (SSSR count). The zero-order chi connectivity index (χ0) is 17.8. The average Bonchev–Trinajstić information content (AvgIpc) is 3.01. The molecule has 0 bridgehead atoms. The number of hydrogen-bond acceptors (Lipinski definition) is 5. The molecule has 0 spiro atoms. The Balaban J connectivity index is 1.74. The van der Waals surface area contributed by atoms with Crippen LogP contribution in [0.4, 0.5) is 16.2 Å². The van der Waals surface area contributed by atoms with Gasteiger partial charge in [0.2, 0.25) is 5.91 Å². The third-order valence-electron chi connectivity index (χ3n) is 4.56. The summed E-state index contributed by atoms with van der Waals surface area (Å²) in [6.45, 7) is 7.61. The predicted molar refractivity (Wildman–Crippen MR) is 95.2 cm³/mol. The Morgan fingerprint density at radius 2 is 2.08 bits per heavy atom. The summed E-state index contributed by atoms with van der Waals surface area (Å²) in [6.07, 6.45) is 0.204. The van der Waals surface area contributed by atoms with Crippen molar-refractivity contribution in [1.82, 2.24) is 5.32 Å². The Labute approximate surface area is 147 Å². The Bertz CT molecular complexity index is 643. The first-order chi connectivity index (χ1) is 12.1. The molecule has 1 aromatic carbocycles. The third-order valence-corrected chi connectivity index (χ3v) is 4.56. The van der Waals surface area contributed by atoms with Crippen LogP contribution >= 0.6 is 0 Å². The van der Waals surface area contributed by atoms with Crippen molar-refractivity contribution in [2.24, 2.45) is 0 Å². The van der Waals surface area contributed by atoms with E-state index in [4.69, 9.17) is 9.47 Å². The van der Waals surface area contributed by atoms with E-state index < -0.39 is 0 Å². The lowest BCUT2D eigenvalue weighted by Crippen LogP contribution is -2.37. The minimum atomic E-state index is -0.364. The molecular formula is C18H25N3O4. The summed E-state index contributed by atoms with van der Waals surface area (Å²) in [5.41, 5.74) is 3.25. The highest BCUT2D eigenvalue weighted by Gasteiger charge is 2.32. The number of carbonyl (C=O) groups excluding carboxylic acids is 2. The summed E-state index contributed by atoms with van der Waals surface area (Å²) in [6, 6.07) is 6.10. The van der Waals surface area contributed by atoms with Crippen LogP contribution in [0.5, 0.6) is 0 Å². The van der Waals surface area contributed by atoms with E-state index in [1.165, 1.54) is 18.2 Å². The molecule has 1 N–H and O–H groups in total. The highest BCUT2D eigenvalue weighted by Crippen LogP contribution is 2.29. The van der Waals surface area contributed by atoms with E-state index in [0.29, 0.717) is 13.1 Å². The molecule has 136 valence electrons. The molecule has 0 aliphatic carbocycles. The molecule has 1 atom stereocenters. The van der Waals surface area contributed by atoms with Crippen LogP contribution in [-0.4, -0.2) is 57.5 Å². The summed E-state index contributed by atoms with van der Waals surface area (Å²) in [5, 5.41) is 2.69. The number of benzene rings is 1. The highest BCUT2D eigenvalue weighted by atomic mass is 16.6. The molecule has 1 unspecified atom stereocenters. The van der Waals surface area contributed by atoms with Crippen molar-refractivity contribution < 1.29 is 19.1 Å². The summed E-state index contributed by atoms with van der Waals surface area (Å²) >= 11 is 0. The van der Waals surface area contributed by atoms with Crippen molar-refractivity contribution in [3.05, 3.63) is 23.8 Å². The van der Waals surface area contributed by atoms with E-state index in [-0.39, 0.29) is 18.1 Å². The molecule has 0 aromatic heterocycles. The summed E-state index contributed by atoms with van der Waals surface area (Å²) in [4.78, 5) is 27.2. The molecule has 0 saturated carbocycles. The second-order valence-electron chi connectivity index (χ2n) is 6.32. The van der Waals surface area contributed by atoms with Crippen LogP contribution in [0.2, 0.25) is 0 Å². The van der Waals surface area contributed by atoms with Crippen LogP contribution in [0.25, 0.3) is 0 Å². The minimum Gasteiger partial charge on any atom is -0.442 e. The van der Waals surface area contributed by atoms with E-state index in [1.807, 2.05) is 6.07 Å². The van der Waals surface area contributed by atoms with E-state index in [2.05, 4.69) is 29.3 Å². The van der Waals surface area contributed by atoms with E-state index in [0.717, 1.165) is 38.4 Å². The fourth-order valence-electron chi connectivity index (χ4n) is 3.23.